The van der Waals surface area contributed by atoms with Crippen molar-refractivity contribution in [2.24, 2.45) is 11.3 Å². The van der Waals surface area contributed by atoms with Crippen molar-refractivity contribution in [1.82, 2.24) is 0 Å². The van der Waals surface area contributed by atoms with Gasteiger partial charge in [0.25, 0.3) is 0 Å². The molecule has 0 amide bonds. The van der Waals surface area contributed by atoms with Crippen LogP contribution in [-0.2, 0) is 4.43 Å². The van der Waals surface area contributed by atoms with Gasteiger partial charge in [-0.25, -0.2) is 0 Å². The van der Waals surface area contributed by atoms with Crippen LogP contribution in [0.1, 0.15) is 73.1 Å². The van der Waals surface area contributed by atoms with Gasteiger partial charge in [-0.3, -0.25) is 0 Å². The molecule has 21 heavy (non-hydrogen) atoms. The molecule has 122 valence electrons. The molecule has 2 aliphatic rings. The Kier molecular flexibility index (Phi) is 4.81. The molecule has 1 nitrogen and oxygen atoms in total. The van der Waals surface area contributed by atoms with E-state index in [1.807, 2.05) is 0 Å². The van der Waals surface area contributed by atoms with Crippen LogP contribution >= 0.6 is 0 Å². The Balaban J connectivity index is 2.22. The van der Waals surface area contributed by atoms with E-state index >= 15 is 0 Å². The zero-order valence-electron chi connectivity index (χ0n) is 15.4. The predicted molar refractivity (Wildman–Crippen MR) is 95.1 cm³/mol. The van der Waals surface area contributed by atoms with Gasteiger partial charge in [-0.1, -0.05) is 45.8 Å². The Morgan fingerprint density at radius 2 is 1.86 bits per heavy atom. The first-order valence-electron chi connectivity index (χ1n) is 8.95. The molecule has 0 heterocycles. The number of hydrogen-bond donors (Lipinski definition) is 0. The van der Waals surface area contributed by atoms with Gasteiger partial charge in [-0.15, -0.1) is 0 Å². The topological polar surface area (TPSA) is 9.23 Å². The van der Waals surface area contributed by atoms with E-state index in [4.69, 9.17) is 4.43 Å². The van der Waals surface area contributed by atoms with Crippen LogP contribution in [0.3, 0.4) is 0 Å². The maximum atomic E-state index is 6.88. The predicted octanol–water partition coefficient (Wildman–Crippen LogP) is 6.31. The minimum atomic E-state index is -1.65. The van der Waals surface area contributed by atoms with Gasteiger partial charge in [0.1, 0.15) is 0 Å². The van der Waals surface area contributed by atoms with Crippen molar-refractivity contribution in [3.63, 3.8) is 0 Å². The maximum Gasteiger partial charge on any atom is 0.192 e. The Morgan fingerprint density at radius 3 is 2.43 bits per heavy atom. The van der Waals surface area contributed by atoms with E-state index in [2.05, 4.69) is 53.8 Å². The molecule has 2 heteroatoms. The molecule has 0 N–H and O–H groups in total. The summed E-state index contributed by atoms with van der Waals surface area (Å²) < 4.78 is 6.88. The van der Waals surface area contributed by atoms with Crippen molar-refractivity contribution in [2.45, 2.75) is 97.4 Å². The Hall–Kier alpha value is -0.0831. The maximum absolute atomic E-state index is 6.88. The van der Waals surface area contributed by atoms with Crippen molar-refractivity contribution in [2.75, 3.05) is 0 Å². The normalized spacial score (nSPS) is 36.6. The van der Waals surface area contributed by atoms with Crippen LogP contribution in [-0.4, -0.2) is 14.4 Å². The summed E-state index contributed by atoms with van der Waals surface area (Å²) in [7, 11) is -1.65. The smallest absolute Gasteiger partial charge is 0.192 e. The zero-order valence-corrected chi connectivity index (χ0v) is 16.4. The molecule has 3 atom stereocenters. The molecule has 0 radical (unpaired) electrons. The van der Waals surface area contributed by atoms with Crippen LogP contribution in [0.5, 0.6) is 0 Å². The minimum absolute atomic E-state index is 0.318. The fourth-order valence-electron chi connectivity index (χ4n) is 4.34. The highest BCUT2D eigenvalue weighted by atomic mass is 28.4. The molecule has 0 bridgehead atoms. The van der Waals surface area contributed by atoms with Gasteiger partial charge in [0.2, 0.25) is 0 Å². The number of hydrogen-bond acceptors (Lipinski definition) is 1. The van der Waals surface area contributed by atoms with E-state index in [0.717, 1.165) is 5.92 Å². The summed E-state index contributed by atoms with van der Waals surface area (Å²) in [5.74, 6) is 0.750. The average molecular weight is 309 g/mol. The molecule has 0 aromatic rings. The van der Waals surface area contributed by atoms with Crippen LogP contribution in [0, 0.1) is 11.3 Å². The van der Waals surface area contributed by atoms with Crippen LogP contribution in [0.15, 0.2) is 11.6 Å². The number of rotatable bonds is 2. The molecule has 0 saturated heterocycles. The average Bonchev–Trinajstić information content (AvgIpc) is 2.36. The summed E-state index contributed by atoms with van der Waals surface area (Å²) in [5.41, 5.74) is 2.13. The molecular weight excluding hydrogens is 272 g/mol. The quantitative estimate of drug-likeness (QED) is 0.429. The molecule has 0 unspecified atom stereocenters. The first-order valence-corrected chi connectivity index (χ1v) is 11.9. The third-order valence-corrected chi connectivity index (χ3v) is 11.3. The summed E-state index contributed by atoms with van der Waals surface area (Å²) >= 11 is 0. The first-order chi connectivity index (χ1) is 9.62. The van der Waals surface area contributed by atoms with Gasteiger partial charge in [0.15, 0.2) is 8.32 Å². The van der Waals surface area contributed by atoms with Gasteiger partial charge in [-0.05, 0) is 68.5 Å². The summed E-state index contributed by atoms with van der Waals surface area (Å²) in [6, 6.07) is 0. The lowest BCUT2D eigenvalue weighted by molar-refractivity contribution is -0.00888. The van der Waals surface area contributed by atoms with Crippen LogP contribution < -0.4 is 0 Å². The van der Waals surface area contributed by atoms with Crippen LogP contribution in [0.25, 0.3) is 0 Å². The molecule has 0 aliphatic heterocycles. The van der Waals surface area contributed by atoms with Crippen molar-refractivity contribution >= 4 is 8.32 Å². The Morgan fingerprint density at radius 1 is 1.19 bits per heavy atom. The highest BCUT2D eigenvalue weighted by Crippen LogP contribution is 2.54. The highest BCUT2D eigenvalue weighted by molar-refractivity contribution is 6.74. The van der Waals surface area contributed by atoms with Crippen LogP contribution in [0.4, 0.5) is 0 Å². The highest BCUT2D eigenvalue weighted by Gasteiger charge is 2.49. The Labute approximate surface area is 133 Å². The minimum Gasteiger partial charge on any atom is -0.414 e. The molecular formula is C19H36OSi. The lowest BCUT2D eigenvalue weighted by atomic mass is 9.57. The van der Waals surface area contributed by atoms with Crippen molar-refractivity contribution < 1.29 is 4.43 Å². The van der Waals surface area contributed by atoms with E-state index in [0.29, 0.717) is 16.6 Å². The van der Waals surface area contributed by atoms with Crippen molar-refractivity contribution in [3.8, 4) is 0 Å². The molecule has 2 fully saturated rings. The first kappa shape index (κ1) is 17.3. The van der Waals surface area contributed by atoms with Crippen molar-refractivity contribution in [3.05, 3.63) is 11.6 Å². The van der Waals surface area contributed by atoms with E-state index in [1.165, 1.54) is 38.5 Å². The molecule has 0 spiro atoms. The third kappa shape index (κ3) is 3.17. The largest absolute Gasteiger partial charge is 0.414 e. The van der Waals surface area contributed by atoms with Gasteiger partial charge in [0.05, 0.1) is 0 Å². The van der Waals surface area contributed by atoms with Gasteiger partial charge >= 0.3 is 0 Å². The van der Waals surface area contributed by atoms with Crippen molar-refractivity contribution in [1.29, 1.82) is 0 Å². The van der Waals surface area contributed by atoms with E-state index < -0.39 is 8.32 Å². The van der Waals surface area contributed by atoms with Gasteiger partial charge in [0, 0.05) is 6.10 Å². The standard InChI is InChI=1S/C19H36OSi/c1-8-15-11-9-12-16-17(13-10-14-19(15,16)5)20-21(6,7)18(2,3)4/h8,16-17H,9-14H2,1-7H3/t16-,17-,19+/m0/s1. The fraction of sp³-hybridized carbons (Fsp3) is 0.895. The third-order valence-electron chi connectivity index (χ3n) is 6.75. The van der Waals surface area contributed by atoms with Crippen LogP contribution in [0.2, 0.25) is 18.1 Å². The fourth-order valence-corrected chi connectivity index (χ4v) is 5.73. The summed E-state index contributed by atoms with van der Waals surface area (Å²) in [4.78, 5) is 0. The summed E-state index contributed by atoms with van der Waals surface area (Å²) in [6.07, 6.45) is 10.9. The molecule has 2 aliphatic carbocycles. The lowest BCUT2D eigenvalue weighted by Gasteiger charge is -2.53. The second-order valence-corrected chi connectivity index (χ2v) is 13.8. The lowest BCUT2D eigenvalue weighted by Crippen LogP contribution is -2.51. The SMILES string of the molecule is CC=C1CCC[C@H]2[C@@H](O[Si](C)(C)C(C)(C)C)CCC[C@]12C. The second-order valence-electron chi connectivity index (χ2n) is 9.04. The monoisotopic (exact) mass is 308 g/mol. The van der Waals surface area contributed by atoms with Gasteiger partial charge < -0.3 is 4.43 Å². The summed E-state index contributed by atoms with van der Waals surface area (Å²) in [5, 5.41) is 0.318. The van der Waals surface area contributed by atoms with E-state index in [-0.39, 0.29) is 0 Å². The zero-order chi connectivity index (χ0) is 15.9. The van der Waals surface area contributed by atoms with Gasteiger partial charge in [-0.2, -0.15) is 0 Å². The molecule has 2 rings (SSSR count). The Bertz CT molecular complexity index is 404. The van der Waals surface area contributed by atoms with E-state index in [9.17, 15) is 0 Å². The molecule has 0 aromatic heterocycles. The molecule has 2 saturated carbocycles. The number of fused-ring (bicyclic) bond motifs is 1. The summed E-state index contributed by atoms with van der Waals surface area (Å²) in [6.45, 7) is 16.7. The van der Waals surface area contributed by atoms with E-state index in [1.54, 1.807) is 5.57 Å². The second kappa shape index (κ2) is 5.85. The number of allylic oxidation sites excluding steroid dienone is 2. The molecule has 0 aromatic carbocycles.